The van der Waals surface area contributed by atoms with Crippen molar-refractivity contribution in [2.45, 2.75) is 110 Å². The van der Waals surface area contributed by atoms with Gasteiger partial charge in [-0.15, -0.1) is 0 Å². The second kappa shape index (κ2) is 14.8. The number of benzene rings is 2. The molecule has 1 heterocycles. The molecular weight excluding hydrogens is 490 g/mol. The fourth-order valence-corrected chi connectivity index (χ4v) is 6.29. The molecule has 4 nitrogen and oxygen atoms in total. The van der Waals surface area contributed by atoms with Gasteiger partial charge in [0.1, 0.15) is 0 Å². The van der Waals surface area contributed by atoms with Crippen LogP contribution < -0.4 is 4.90 Å². The largest absolute Gasteiger partial charge is 0.311 e. The van der Waals surface area contributed by atoms with Crippen LogP contribution in [0.5, 0.6) is 0 Å². The van der Waals surface area contributed by atoms with Crippen molar-refractivity contribution >= 4 is 17.3 Å². The van der Waals surface area contributed by atoms with Crippen molar-refractivity contribution in [3.63, 3.8) is 0 Å². The molecule has 4 rings (SSSR count). The van der Waals surface area contributed by atoms with Crippen LogP contribution in [0, 0.1) is 6.92 Å². The normalized spacial score (nSPS) is 20.0. The highest BCUT2D eigenvalue weighted by atomic mass is 16.2. The molecule has 1 saturated heterocycles. The number of nitrogens with zero attached hydrogens (tertiary/aromatic N) is 3. The number of amides is 1. The number of rotatable bonds is 14. The van der Waals surface area contributed by atoms with Gasteiger partial charge < -0.3 is 4.90 Å². The molecule has 0 bridgehead atoms. The zero-order valence-electron chi connectivity index (χ0n) is 25.7. The van der Waals surface area contributed by atoms with Gasteiger partial charge in [0.25, 0.3) is 0 Å². The standard InChI is InChI=1S/C36H51N3O/c1-6-9-21-39(34-13-10-12-27(4)22-34)36(40)26-38-25-32(24-33(38)18-14-28(5)37-20-8-3)30-17-19-35(29-15-16-29)31(23-30)11-7-2/h8,10,12-13,17,19-20,22-23,29,32-33H,6-7,9,11,14-16,18,21,24-26H2,1-5H3/b20-8-,37-28?. The van der Waals surface area contributed by atoms with Gasteiger partial charge in [-0.05, 0) is 112 Å². The van der Waals surface area contributed by atoms with E-state index in [1.807, 2.05) is 24.1 Å². The van der Waals surface area contributed by atoms with E-state index in [0.717, 1.165) is 62.5 Å². The Bertz CT molecular complexity index is 1180. The van der Waals surface area contributed by atoms with Crippen molar-refractivity contribution in [2.75, 3.05) is 24.5 Å². The number of carbonyl (C=O) groups is 1. The van der Waals surface area contributed by atoms with Crippen LogP contribution in [0.1, 0.15) is 113 Å². The Labute approximate surface area is 243 Å². The summed E-state index contributed by atoms with van der Waals surface area (Å²) in [5.41, 5.74) is 8.00. The average molecular weight is 542 g/mol. The van der Waals surface area contributed by atoms with E-state index in [0.29, 0.717) is 18.5 Å². The second-order valence-corrected chi connectivity index (χ2v) is 12.1. The quantitative estimate of drug-likeness (QED) is 0.225. The zero-order chi connectivity index (χ0) is 28.5. The molecule has 2 aromatic rings. The third kappa shape index (κ3) is 8.16. The Kier molecular flexibility index (Phi) is 11.2. The van der Waals surface area contributed by atoms with E-state index in [-0.39, 0.29) is 5.91 Å². The van der Waals surface area contributed by atoms with E-state index in [1.165, 1.54) is 36.8 Å². The molecule has 1 saturated carbocycles. The van der Waals surface area contributed by atoms with Crippen molar-refractivity contribution in [2.24, 2.45) is 4.99 Å². The Morgan fingerprint density at radius 3 is 2.62 bits per heavy atom. The summed E-state index contributed by atoms with van der Waals surface area (Å²) < 4.78 is 0. The molecule has 40 heavy (non-hydrogen) atoms. The maximum atomic E-state index is 13.9. The third-order valence-electron chi connectivity index (χ3n) is 8.67. The first-order valence-corrected chi connectivity index (χ1v) is 15.8. The molecule has 1 amide bonds. The van der Waals surface area contributed by atoms with Gasteiger partial charge in [0, 0.05) is 36.7 Å². The van der Waals surface area contributed by atoms with Gasteiger partial charge in [-0.2, -0.15) is 0 Å². The monoisotopic (exact) mass is 541 g/mol. The molecule has 2 atom stereocenters. The number of anilines is 1. The Balaban J connectivity index is 1.55. The molecule has 2 unspecified atom stereocenters. The first-order chi connectivity index (χ1) is 19.4. The fraction of sp³-hybridized carbons (Fsp3) is 0.556. The fourth-order valence-electron chi connectivity index (χ4n) is 6.29. The number of unbranched alkanes of at least 4 members (excludes halogenated alkanes) is 1. The van der Waals surface area contributed by atoms with Gasteiger partial charge in [-0.25, -0.2) is 0 Å². The highest BCUT2D eigenvalue weighted by Gasteiger charge is 2.35. The van der Waals surface area contributed by atoms with Crippen molar-refractivity contribution in [3.05, 3.63) is 77.0 Å². The summed E-state index contributed by atoms with van der Waals surface area (Å²) in [4.78, 5) is 23.0. The summed E-state index contributed by atoms with van der Waals surface area (Å²) in [7, 11) is 0. The van der Waals surface area contributed by atoms with E-state index < -0.39 is 0 Å². The molecule has 0 spiro atoms. The first kappa shape index (κ1) is 30.2. The lowest BCUT2D eigenvalue weighted by Gasteiger charge is -2.29. The molecule has 1 aliphatic carbocycles. The van der Waals surface area contributed by atoms with Gasteiger partial charge in [0.15, 0.2) is 0 Å². The highest BCUT2D eigenvalue weighted by molar-refractivity contribution is 5.95. The van der Waals surface area contributed by atoms with Gasteiger partial charge >= 0.3 is 0 Å². The summed E-state index contributed by atoms with van der Waals surface area (Å²) in [6.45, 7) is 12.9. The third-order valence-corrected chi connectivity index (χ3v) is 8.67. The summed E-state index contributed by atoms with van der Waals surface area (Å²) in [6, 6.07) is 16.1. The van der Waals surface area contributed by atoms with Crippen molar-refractivity contribution in [3.8, 4) is 0 Å². The van der Waals surface area contributed by atoms with Crippen molar-refractivity contribution < 1.29 is 4.79 Å². The molecule has 4 heteroatoms. The minimum absolute atomic E-state index is 0.222. The molecule has 216 valence electrons. The first-order valence-electron chi connectivity index (χ1n) is 15.8. The average Bonchev–Trinajstić information content (AvgIpc) is 3.71. The lowest BCUT2D eigenvalue weighted by Crippen LogP contribution is -2.43. The molecule has 2 aromatic carbocycles. The summed E-state index contributed by atoms with van der Waals surface area (Å²) in [6.07, 6.45) is 14.1. The van der Waals surface area contributed by atoms with Crippen LogP contribution in [-0.4, -0.2) is 42.2 Å². The minimum Gasteiger partial charge on any atom is -0.311 e. The van der Waals surface area contributed by atoms with E-state index in [9.17, 15) is 4.79 Å². The molecule has 1 aliphatic heterocycles. The highest BCUT2D eigenvalue weighted by Crippen LogP contribution is 2.43. The SMILES string of the molecule is C/C=C\N=C(C)CCC1CC(c2ccc(C3CC3)c(CCC)c2)CN1CC(=O)N(CCCC)c1cccc(C)c1. The minimum atomic E-state index is 0.222. The van der Waals surface area contributed by atoms with Gasteiger partial charge in [0.2, 0.25) is 5.91 Å². The van der Waals surface area contributed by atoms with Crippen LogP contribution >= 0.6 is 0 Å². The molecule has 2 aliphatic rings. The Hall–Kier alpha value is -2.72. The van der Waals surface area contributed by atoms with Crippen LogP contribution in [0.3, 0.4) is 0 Å². The topological polar surface area (TPSA) is 35.9 Å². The molecular formula is C36H51N3O. The predicted octanol–water partition coefficient (Wildman–Crippen LogP) is 8.59. The van der Waals surface area contributed by atoms with Gasteiger partial charge in [0.05, 0.1) is 6.54 Å². The lowest BCUT2D eigenvalue weighted by molar-refractivity contribution is -0.120. The zero-order valence-corrected chi connectivity index (χ0v) is 25.7. The number of allylic oxidation sites excluding steroid dienone is 1. The maximum absolute atomic E-state index is 13.9. The lowest BCUT2D eigenvalue weighted by atomic mass is 9.89. The number of aryl methyl sites for hydroxylation is 2. The van der Waals surface area contributed by atoms with Gasteiger partial charge in [-0.3, -0.25) is 14.7 Å². The summed E-state index contributed by atoms with van der Waals surface area (Å²) in [5.74, 6) is 1.48. The van der Waals surface area contributed by atoms with Crippen molar-refractivity contribution in [1.82, 2.24) is 4.90 Å². The van der Waals surface area contributed by atoms with Crippen LogP contribution in [-0.2, 0) is 11.2 Å². The number of aliphatic imine (C=N–C) groups is 1. The van der Waals surface area contributed by atoms with Crippen LogP contribution in [0.25, 0.3) is 0 Å². The van der Waals surface area contributed by atoms with E-state index in [1.54, 1.807) is 11.1 Å². The van der Waals surface area contributed by atoms with E-state index >= 15 is 0 Å². The Morgan fingerprint density at radius 1 is 1.10 bits per heavy atom. The smallest absolute Gasteiger partial charge is 0.241 e. The summed E-state index contributed by atoms with van der Waals surface area (Å²) in [5, 5.41) is 0. The van der Waals surface area contributed by atoms with E-state index in [4.69, 9.17) is 0 Å². The summed E-state index contributed by atoms with van der Waals surface area (Å²) >= 11 is 0. The second-order valence-electron chi connectivity index (χ2n) is 12.1. The van der Waals surface area contributed by atoms with Crippen LogP contribution in [0.4, 0.5) is 5.69 Å². The van der Waals surface area contributed by atoms with Crippen LogP contribution in [0.2, 0.25) is 0 Å². The number of likely N-dealkylation sites (tertiary alicyclic amines) is 1. The molecule has 0 N–H and O–H groups in total. The number of hydrogen-bond acceptors (Lipinski definition) is 3. The predicted molar refractivity (Wildman–Crippen MR) is 171 cm³/mol. The van der Waals surface area contributed by atoms with Crippen molar-refractivity contribution in [1.29, 1.82) is 0 Å². The maximum Gasteiger partial charge on any atom is 0.241 e. The molecule has 0 aromatic heterocycles. The number of carbonyl (C=O) groups excluding carboxylic acids is 1. The molecule has 0 radical (unpaired) electrons. The van der Waals surface area contributed by atoms with Gasteiger partial charge in [-0.1, -0.05) is 63.1 Å². The number of hydrogen-bond donors (Lipinski definition) is 0. The Morgan fingerprint density at radius 2 is 1.93 bits per heavy atom. The van der Waals surface area contributed by atoms with Crippen LogP contribution in [0.15, 0.2) is 59.7 Å². The van der Waals surface area contributed by atoms with E-state index in [2.05, 4.69) is 80.1 Å². The molecule has 2 fully saturated rings.